The molecule has 4 rings (SSSR count). The van der Waals surface area contributed by atoms with E-state index in [4.69, 9.17) is 0 Å². The first-order valence-corrected chi connectivity index (χ1v) is 8.23. The van der Waals surface area contributed by atoms with Crippen LogP contribution in [0.1, 0.15) is 31.9 Å². The standard InChI is InChI=1S/C19H19N5O/c1-12-21-9-14(10-22-12)13-4-5-15-16(8-13)24(18(25)19(15,2)3)17-6-7-20-11-23-17/h4-12,21H,1-3H3. The van der Waals surface area contributed by atoms with Crippen molar-refractivity contribution in [2.75, 3.05) is 4.90 Å². The van der Waals surface area contributed by atoms with E-state index in [-0.39, 0.29) is 12.1 Å². The first-order chi connectivity index (χ1) is 12.0. The number of aromatic nitrogens is 2. The van der Waals surface area contributed by atoms with Gasteiger partial charge in [-0.25, -0.2) is 9.97 Å². The molecule has 0 spiro atoms. The third kappa shape index (κ3) is 2.41. The minimum absolute atomic E-state index is 0.0105. The van der Waals surface area contributed by atoms with Crippen molar-refractivity contribution in [2.24, 2.45) is 4.99 Å². The van der Waals surface area contributed by atoms with Gasteiger partial charge in [0.05, 0.1) is 11.1 Å². The Bertz CT molecular complexity index is 901. The van der Waals surface area contributed by atoms with Gasteiger partial charge in [-0.05, 0) is 44.0 Å². The van der Waals surface area contributed by atoms with E-state index in [1.165, 1.54) is 6.33 Å². The highest BCUT2D eigenvalue weighted by molar-refractivity contribution is 6.14. The summed E-state index contributed by atoms with van der Waals surface area (Å²) in [5, 5.41) is 3.21. The average Bonchev–Trinajstić information content (AvgIpc) is 2.82. The first-order valence-electron chi connectivity index (χ1n) is 8.23. The highest BCUT2D eigenvalue weighted by Gasteiger charge is 2.45. The van der Waals surface area contributed by atoms with E-state index in [2.05, 4.69) is 20.3 Å². The van der Waals surface area contributed by atoms with Gasteiger partial charge in [0.2, 0.25) is 5.91 Å². The molecule has 0 fully saturated rings. The number of fused-ring (bicyclic) bond motifs is 1. The van der Waals surface area contributed by atoms with Crippen molar-refractivity contribution in [1.82, 2.24) is 15.3 Å². The highest BCUT2D eigenvalue weighted by atomic mass is 16.2. The summed E-state index contributed by atoms with van der Waals surface area (Å²) in [4.78, 5) is 27.3. The van der Waals surface area contributed by atoms with Crippen LogP contribution in [-0.2, 0) is 10.2 Å². The lowest BCUT2D eigenvalue weighted by atomic mass is 9.85. The summed E-state index contributed by atoms with van der Waals surface area (Å²) in [5.41, 5.74) is 3.25. The lowest BCUT2D eigenvalue weighted by molar-refractivity contribution is -0.121. The van der Waals surface area contributed by atoms with Crippen LogP contribution < -0.4 is 10.2 Å². The van der Waals surface area contributed by atoms with Gasteiger partial charge >= 0.3 is 0 Å². The van der Waals surface area contributed by atoms with Crippen LogP contribution in [0.2, 0.25) is 0 Å². The van der Waals surface area contributed by atoms with Gasteiger partial charge in [-0.3, -0.25) is 14.7 Å². The maximum absolute atomic E-state index is 13.0. The molecule has 0 saturated heterocycles. The van der Waals surface area contributed by atoms with Crippen molar-refractivity contribution < 1.29 is 4.79 Å². The second-order valence-corrected chi connectivity index (χ2v) is 6.79. The fraction of sp³-hybridized carbons (Fsp3) is 0.263. The number of anilines is 2. The van der Waals surface area contributed by atoms with Crippen LogP contribution in [0.15, 0.2) is 48.0 Å². The fourth-order valence-corrected chi connectivity index (χ4v) is 3.21. The Morgan fingerprint density at radius 3 is 2.76 bits per heavy atom. The first kappa shape index (κ1) is 15.5. The number of rotatable bonds is 2. The van der Waals surface area contributed by atoms with Crippen LogP contribution in [0.25, 0.3) is 5.57 Å². The number of nitrogens with zero attached hydrogens (tertiary/aromatic N) is 4. The summed E-state index contributed by atoms with van der Waals surface area (Å²) in [5.74, 6) is 0.596. The summed E-state index contributed by atoms with van der Waals surface area (Å²) in [6.45, 7) is 5.88. The fourth-order valence-electron chi connectivity index (χ4n) is 3.21. The largest absolute Gasteiger partial charge is 0.369 e. The molecular weight excluding hydrogens is 314 g/mol. The second-order valence-electron chi connectivity index (χ2n) is 6.79. The molecule has 2 aromatic rings. The maximum Gasteiger partial charge on any atom is 0.242 e. The molecule has 0 aliphatic carbocycles. The van der Waals surface area contributed by atoms with Gasteiger partial charge in [-0.15, -0.1) is 0 Å². The van der Waals surface area contributed by atoms with Crippen molar-refractivity contribution >= 4 is 29.2 Å². The van der Waals surface area contributed by atoms with E-state index < -0.39 is 5.41 Å². The van der Waals surface area contributed by atoms with Crippen molar-refractivity contribution in [3.63, 3.8) is 0 Å². The number of benzene rings is 1. The summed E-state index contributed by atoms with van der Waals surface area (Å²) >= 11 is 0. The van der Waals surface area contributed by atoms with Gasteiger partial charge in [-0.2, -0.15) is 0 Å². The Balaban J connectivity index is 1.84. The molecule has 1 unspecified atom stereocenters. The molecule has 3 heterocycles. The minimum Gasteiger partial charge on any atom is -0.369 e. The molecule has 1 aromatic heterocycles. The number of carbonyl (C=O) groups excluding carboxylic acids is 1. The number of hydrogen-bond donors (Lipinski definition) is 1. The molecule has 1 N–H and O–H groups in total. The predicted molar refractivity (Wildman–Crippen MR) is 97.7 cm³/mol. The molecule has 0 radical (unpaired) electrons. The van der Waals surface area contributed by atoms with E-state index >= 15 is 0 Å². The zero-order valence-corrected chi connectivity index (χ0v) is 14.4. The number of allylic oxidation sites excluding steroid dienone is 1. The second kappa shape index (κ2) is 5.51. The van der Waals surface area contributed by atoms with Gasteiger partial charge in [0.1, 0.15) is 18.3 Å². The zero-order chi connectivity index (χ0) is 17.6. The topological polar surface area (TPSA) is 70.5 Å². The highest BCUT2D eigenvalue weighted by Crippen LogP contribution is 2.45. The molecule has 126 valence electrons. The van der Waals surface area contributed by atoms with Crippen molar-refractivity contribution in [3.05, 3.63) is 54.1 Å². The molecule has 25 heavy (non-hydrogen) atoms. The number of nitrogens with one attached hydrogen (secondary N) is 1. The lowest BCUT2D eigenvalue weighted by Gasteiger charge is -2.19. The van der Waals surface area contributed by atoms with Gasteiger partial charge in [0, 0.05) is 24.2 Å². The third-order valence-electron chi connectivity index (χ3n) is 4.70. The van der Waals surface area contributed by atoms with Gasteiger partial charge in [0.25, 0.3) is 0 Å². The van der Waals surface area contributed by atoms with Crippen LogP contribution >= 0.6 is 0 Å². The minimum atomic E-state index is -0.597. The van der Waals surface area contributed by atoms with Crippen LogP contribution in [-0.4, -0.2) is 28.3 Å². The third-order valence-corrected chi connectivity index (χ3v) is 4.70. The molecule has 2 aliphatic heterocycles. The van der Waals surface area contributed by atoms with Crippen LogP contribution in [0, 0.1) is 0 Å². The Morgan fingerprint density at radius 1 is 1.24 bits per heavy atom. The number of amides is 1. The summed E-state index contributed by atoms with van der Waals surface area (Å²) in [7, 11) is 0. The summed E-state index contributed by atoms with van der Waals surface area (Å²) in [6.07, 6.45) is 7.00. The molecule has 1 amide bonds. The van der Waals surface area contributed by atoms with E-state index in [0.29, 0.717) is 5.82 Å². The Hall–Kier alpha value is -3.02. The molecule has 6 heteroatoms. The predicted octanol–water partition coefficient (Wildman–Crippen LogP) is 2.79. The quantitative estimate of drug-likeness (QED) is 0.917. The number of hydrogen-bond acceptors (Lipinski definition) is 5. The van der Waals surface area contributed by atoms with Gasteiger partial charge in [-0.1, -0.05) is 12.1 Å². The Kier molecular flexibility index (Phi) is 3.42. The van der Waals surface area contributed by atoms with Crippen LogP contribution in [0.3, 0.4) is 0 Å². The molecule has 0 bridgehead atoms. The van der Waals surface area contributed by atoms with E-state index in [1.54, 1.807) is 17.2 Å². The van der Waals surface area contributed by atoms with Gasteiger partial charge in [0.15, 0.2) is 0 Å². The summed E-state index contributed by atoms with van der Waals surface area (Å²) in [6, 6.07) is 7.84. The molecule has 1 aromatic carbocycles. The van der Waals surface area contributed by atoms with Crippen molar-refractivity contribution in [3.8, 4) is 0 Å². The van der Waals surface area contributed by atoms with E-state index in [9.17, 15) is 4.79 Å². The average molecular weight is 333 g/mol. The van der Waals surface area contributed by atoms with Crippen molar-refractivity contribution in [1.29, 1.82) is 0 Å². The van der Waals surface area contributed by atoms with E-state index in [1.807, 2.05) is 51.4 Å². The van der Waals surface area contributed by atoms with Crippen LogP contribution in [0.4, 0.5) is 11.5 Å². The van der Waals surface area contributed by atoms with Crippen molar-refractivity contribution in [2.45, 2.75) is 32.4 Å². The normalized spacial score (nSPS) is 20.9. The SMILES string of the molecule is CC1N=CC(c2ccc3c(c2)N(c2ccncn2)C(=O)C3(C)C)=CN1. The number of carbonyl (C=O) groups is 1. The molecule has 2 aliphatic rings. The number of aliphatic imine (C=N–C) groups is 1. The summed E-state index contributed by atoms with van der Waals surface area (Å²) < 4.78 is 0. The lowest BCUT2D eigenvalue weighted by Crippen LogP contribution is -2.33. The smallest absolute Gasteiger partial charge is 0.242 e. The Morgan fingerprint density at radius 2 is 2.08 bits per heavy atom. The van der Waals surface area contributed by atoms with Crippen LogP contribution in [0.5, 0.6) is 0 Å². The zero-order valence-electron chi connectivity index (χ0n) is 14.4. The van der Waals surface area contributed by atoms with E-state index in [0.717, 1.165) is 22.4 Å². The molecule has 0 saturated carbocycles. The molecule has 1 atom stereocenters. The Labute approximate surface area is 146 Å². The van der Waals surface area contributed by atoms with Gasteiger partial charge < -0.3 is 5.32 Å². The molecule has 6 nitrogen and oxygen atoms in total. The monoisotopic (exact) mass is 333 g/mol. The maximum atomic E-state index is 13.0. The molecular formula is C19H19N5O.